The minimum absolute atomic E-state index is 0.0220. The van der Waals surface area contributed by atoms with Gasteiger partial charge in [-0.1, -0.05) is 6.92 Å². The van der Waals surface area contributed by atoms with Crippen LogP contribution >= 0.6 is 0 Å². The van der Waals surface area contributed by atoms with Gasteiger partial charge in [-0.15, -0.1) is 0 Å². The van der Waals surface area contributed by atoms with E-state index < -0.39 is 27.5 Å². The van der Waals surface area contributed by atoms with Gasteiger partial charge in [0.15, 0.2) is 0 Å². The van der Waals surface area contributed by atoms with Crippen LogP contribution in [0.2, 0.25) is 0 Å². The lowest BCUT2D eigenvalue weighted by Crippen LogP contribution is -2.15. The van der Waals surface area contributed by atoms with Gasteiger partial charge < -0.3 is 5.73 Å². The molecule has 1 aromatic rings. The molecule has 0 aliphatic rings. The molecular formula is C12H17F2NO2S. The number of rotatable bonds is 6. The van der Waals surface area contributed by atoms with E-state index in [1.54, 1.807) is 6.92 Å². The van der Waals surface area contributed by atoms with E-state index in [1.165, 1.54) is 0 Å². The minimum atomic E-state index is -3.04. The van der Waals surface area contributed by atoms with Crippen LogP contribution in [-0.2, 0) is 9.84 Å². The van der Waals surface area contributed by atoms with Crippen LogP contribution in [0.15, 0.2) is 18.2 Å². The van der Waals surface area contributed by atoms with Crippen LogP contribution in [0.5, 0.6) is 0 Å². The van der Waals surface area contributed by atoms with Crippen LogP contribution < -0.4 is 5.73 Å². The van der Waals surface area contributed by atoms with Gasteiger partial charge in [0.05, 0.1) is 5.75 Å². The second kappa shape index (κ2) is 6.24. The van der Waals surface area contributed by atoms with Crippen LogP contribution in [-0.4, -0.2) is 19.9 Å². The molecule has 0 aliphatic heterocycles. The lowest BCUT2D eigenvalue weighted by atomic mass is 10.0. The monoisotopic (exact) mass is 277 g/mol. The fraction of sp³-hybridized carbons (Fsp3) is 0.500. The first-order valence-electron chi connectivity index (χ1n) is 5.76. The van der Waals surface area contributed by atoms with Crippen molar-refractivity contribution in [2.24, 2.45) is 5.73 Å². The Morgan fingerprint density at radius 1 is 1.33 bits per heavy atom. The van der Waals surface area contributed by atoms with Gasteiger partial charge in [0, 0.05) is 17.4 Å². The van der Waals surface area contributed by atoms with Crippen LogP contribution in [0.4, 0.5) is 8.78 Å². The number of halogens is 2. The SMILES string of the molecule is CCS(=O)(=O)CCCC(N)c1cc(F)ccc1F. The van der Waals surface area contributed by atoms with Gasteiger partial charge in [-0.2, -0.15) is 0 Å². The highest BCUT2D eigenvalue weighted by Crippen LogP contribution is 2.20. The highest BCUT2D eigenvalue weighted by Gasteiger charge is 2.14. The number of hydrogen-bond acceptors (Lipinski definition) is 3. The molecule has 0 aliphatic carbocycles. The van der Waals surface area contributed by atoms with E-state index in [9.17, 15) is 17.2 Å². The predicted molar refractivity (Wildman–Crippen MR) is 66.8 cm³/mol. The molecule has 0 amide bonds. The molecule has 3 nitrogen and oxygen atoms in total. The van der Waals surface area contributed by atoms with Crippen molar-refractivity contribution < 1.29 is 17.2 Å². The number of benzene rings is 1. The van der Waals surface area contributed by atoms with Crippen LogP contribution in [0.1, 0.15) is 31.4 Å². The Kier molecular flexibility index (Phi) is 5.22. The Labute approximate surface area is 106 Å². The first-order valence-corrected chi connectivity index (χ1v) is 7.59. The summed E-state index contributed by atoms with van der Waals surface area (Å²) in [5.41, 5.74) is 5.82. The summed E-state index contributed by atoms with van der Waals surface area (Å²) in [6.45, 7) is 1.57. The summed E-state index contributed by atoms with van der Waals surface area (Å²) in [4.78, 5) is 0. The zero-order chi connectivity index (χ0) is 13.8. The van der Waals surface area contributed by atoms with Crippen molar-refractivity contribution in [2.75, 3.05) is 11.5 Å². The van der Waals surface area contributed by atoms with E-state index >= 15 is 0 Å². The lowest BCUT2D eigenvalue weighted by Gasteiger charge is -2.12. The number of sulfone groups is 1. The third kappa shape index (κ3) is 4.34. The highest BCUT2D eigenvalue weighted by atomic mass is 32.2. The van der Waals surface area contributed by atoms with Crippen molar-refractivity contribution in [2.45, 2.75) is 25.8 Å². The van der Waals surface area contributed by atoms with Crippen molar-refractivity contribution in [3.63, 3.8) is 0 Å². The maximum atomic E-state index is 13.4. The molecular weight excluding hydrogens is 260 g/mol. The third-order valence-corrected chi connectivity index (χ3v) is 4.56. The van der Waals surface area contributed by atoms with E-state index in [4.69, 9.17) is 5.73 Å². The first kappa shape index (κ1) is 15.0. The molecule has 0 saturated carbocycles. The van der Waals surface area contributed by atoms with Gasteiger partial charge in [0.25, 0.3) is 0 Å². The third-order valence-electron chi connectivity index (χ3n) is 2.77. The van der Waals surface area contributed by atoms with Crippen molar-refractivity contribution in [3.05, 3.63) is 35.4 Å². The summed E-state index contributed by atoms with van der Waals surface area (Å²) in [6.07, 6.45) is 0.646. The van der Waals surface area contributed by atoms with Crippen molar-refractivity contribution >= 4 is 9.84 Å². The molecule has 0 saturated heterocycles. The molecule has 18 heavy (non-hydrogen) atoms. The molecule has 0 spiro atoms. The Hall–Kier alpha value is -1.01. The molecule has 2 N–H and O–H groups in total. The van der Waals surface area contributed by atoms with Gasteiger partial charge in [-0.05, 0) is 31.0 Å². The Bertz CT molecular complexity index is 503. The van der Waals surface area contributed by atoms with Gasteiger partial charge in [0.2, 0.25) is 0 Å². The molecule has 1 rings (SSSR count). The van der Waals surface area contributed by atoms with Gasteiger partial charge in [-0.3, -0.25) is 0 Å². The molecule has 1 atom stereocenters. The van der Waals surface area contributed by atoms with Crippen LogP contribution in [0.25, 0.3) is 0 Å². The summed E-state index contributed by atoms with van der Waals surface area (Å²) >= 11 is 0. The predicted octanol–water partition coefficient (Wildman–Crippen LogP) is 2.18. The summed E-state index contributed by atoms with van der Waals surface area (Å²) in [6, 6.07) is 2.40. The van der Waals surface area contributed by atoms with Crippen molar-refractivity contribution in [3.8, 4) is 0 Å². The van der Waals surface area contributed by atoms with E-state index in [0.717, 1.165) is 18.2 Å². The fourth-order valence-electron chi connectivity index (χ4n) is 1.62. The molecule has 102 valence electrons. The highest BCUT2D eigenvalue weighted by molar-refractivity contribution is 7.91. The Balaban J connectivity index is 2.61. The summed E-state index contributed by atoms with van der Waals surface area (Å²) in [5, 5.41) is 0. The molecule has 6 heteroatoms. The minimum Gasteiger partial charge on any atom is -0.324 e. The quantitative estimate of drug-likeness (QED) is 0.867. The van der Waals surface area contributed by atoms with Crippen LogP contribution in [0.3, 0.4) is 0 Å². The molecule has 0 aromatic heterocycles. The summed E-state index contributed by atoms with van der Waals surface area (Å²) < 4.78 is 48.9. The molecule has 0 radical (unpaired) electrons. The average molecular weight is 277 g/mol. The smallest absolute Gasteiger partial charge is 0.150 e. The van der Waals surface area contributed by atoms with E-state index in [0.29, 0.717) is 12.8 Å². The maximum Gasteiger partial charge on any atom is 0.150 e. The molecule has 1 aromatic carbocycles. The summed E-state index contributed by atoms with van der Waals surface area (Å²) in [5.74, 6) is -1.02. The van der Waals surface area contributed by atoms with Gasteiger partial charge >= 0.3 is 0 Å². The zero-order valence-electron chi connectivity index (χ0n) is 10.2. The second-order valence-corrected chi connectivity index (χ2v) is 6.62. The number of nitrogens with two attached hydrogens (primary N) is 1. The summed E-state index contributed by atoms with van der Waals surface area (Å²) in [7, 11) is -3.04. The molecule has 1 unspecified atom stereocenters. The normalized spacial score (nSPS) is 13.6. The maximum absolute atomic E-state index is 13.4. The standard InChI is InChI=1S/C12H17F2NO2S/c1-2-18(16,17)7-3-4-12(15)10-8-9(13)5-6-11(10)14/h5-6,8,12H,2-4,7,15H2,1H3. The molecule has 0 heterocycles. The van der Waals surface area contributed by atoms with Crippen LogP contribution in [0, 0.1) is 11.6 Å². The second-order valence-electron chi connectivity index (χ2n) is 4.15. The van der Waals surface area contributed by atoms with Gasteiger partial charge in [-0.25, -0.2) is 17.2 Å². The Morgan fingerprint density at radius 2 is 2.00 bits per heavy atom. The van der Waals surface area contributed by atoms with Crippen molar-refractivity contribution in [1.82, 2.24) is 0 Å². The Morgan fingerprint density at radius 3 is 2.61 bits per heavy atom. The zero-order valence-corrected chi connectivity index (χ0v) is 11.0. The van der Waals surface area contributed by atoms with E-state index in [2.05, 4.69) is 0 Å². The lowest BCUT2D eigenvalue weighted by molar-refractivity contribution is 0.542. The molecule has 0 bridgehead atoms. The molecule has 0 fully saturated rings. The fourth-order valence-corrected chi connectivity index (χ4v) is 2.52. The van der Waals surface area contributed by atoms with Gasteiger partial charge in [0.1, 0.15) is 21.5 Å². The van der Waals surface area contributed by atoms with E-state index in [1.807, 2.05) is 0 Å². The van der Waals surface area contributed by atoms with E-state index in [-0.39, 0.29) is 17.1 Å². The largest absolute Gasteiger partial charge is 0.324 e. The number of hydrogen-bond donors (Lipinski definition) is 1. The average Bonchev–Trinajstić information content (AvgIpc) is 2.32. The first-order chi connectivity index (χ1) is 8.35. The van der Waals surface area contributed by atoms with Crippen molar-refractivity contribution in [1.29, 1.82) is 0 Å². The topological polar surface area (TPSA) is 60.2 Å².